The molecule has 3 aromatic rings. The molecule has 1 aromatic heterocycles. The van der Waals surface area contributed by atoms with Gasteiger partial charge in [0.2, 0.25) is 5.91 Å². The van der Waals surface area contributed by atoms with Crippen molar-refractivity contribution in [3.8, 4) is 0 Å². The molecule has 0 aliphatic rings. The largest absolute Gasteiger partial charge is 0.324 e. The van der Waals surface area contributed by atoms with Gasteiger partial charge < -0.3 is 16.0 Å². The quantitative estimate of drug-likeness (QED) is 0.598. The molecule has 0 saturated heterocycles. The topological polar surface area (TPSA) is 87.3 Å². The minimum atomic E-state index is -0.614. The van der Waals surface area contributed by atoms with E-state index >= 15 is 0 Å². The summed E-state index contributed by atoms with van der Waals surface area (Å²) >= 11 is 1.40. The lowest BCUT2D eigenvalue weighted by Gasteiger charge is -2.12. The fourth-order valence-corrected chi connectivity index (χ4v) is 3.10. The fourth-order valence-electron chi connectivity index (χ4n) is 2.47. The van der Waals surface area contributed by atoms with Gasteiger partial charge in [0.15, 0.2) is 0 Å². The van der Waals surface area contributed by atoms with Crippen LogP contribution in [0.1, 0.15) is 27.6 Å². The SMILES string of the molecule is CC(=O)Nc1cc(NC(=O)c2ccccc2NC(=O)c2ccsc2)ccc1F. The number of benzene rings is 2. The van der Waals surface area contributed by atoms with Crippen LogP contribution in [0.3, 0.4) is 0 Å². The van der Waals surface area contributed by atoms with Crippen molar-refractivity contribution < 1.29 is 18.8 Å². The second-order valence-corrected chi connectivity index (χ2v) is 6.62. The lowest BCUT2D eigenvalue weighted by molar-refractivity contribution is -0.114. The van der Waals surface area contributed by atoms with Crippen LogP contribution in [0.5, 0.6) is 0 Å². The van der Waals surface area contributed by atoms with Crippen molar-refractivity contribution in [2.75, 3.05) is 16.0 Å². The van der Waals surface area contributed by atoms with E-state index in [0.717, 1.165) is 6.07 Å². The van der Waals surface area contributed by atoms with Crippen molar-refractivity contribution in [3.05, 3.63) is 76.2 Å². The Balaban J connectivity index is 1.80. The summed E-state index contributed by atoms with van der Waals surface area (Å²) in [7, 11) is 0. The number of hydrogen-bond donors (Lipinski definition) is 3. The smallest absolute Gasteiger partial charge is 0.257 e. The van der Waals surface area contributed by atoms with Crippen LogP contribution in [-0.4, -0.2) is 17.7 Å². The zero-order chi connectivity index (χ0) is 20.1. The van der Waals surface area contributed by atoms with Gasteiger partial charge in [0.05, 0.1) is 22.5 Å². The van der Waals surface area contributed by atoms with E-state index in [1.807, 2.05) is 0 Å². The first-order valence-electron chi connectivity index (χ1n) is 8.25. The Kier molecular flexibility index (Phi) is 5.81. The molecule has 3 rings (SSSR count). The van der Waals surface area contributed by atoms with Gasteiger partial charge in [0.1, 0.15) is 5.82 Å². The first kappa shape index (κ1) is 19.2. The Morgan fingerprint density at radius 2 is 1.68 bits per heavy atom. The van der Waals surface area contributed by atoms with Crippen LogP contribution in [-0.2, 0) is 4.79 Å². The number of thiophene rings is 1. The van der Waals surface area contributed by atoms with Crippen molar-refractivity contribution in [1.82, 2.24) is 0 Å². The van der Waals surface area contributed by atoms with E-state index in [2.05, 4.69) is 16.0 Å². The number of carbonyl (C=O) groups excluding carboxylic acids is 3. The number of anilines is 3. The van der Waals surface area contributed by atoms with E-state index in [0.29, 0.717) is 16.9 Å². The standard InChI is InChI=1S/C20H16FN3O3S/c1-12(25)22-18-10-14(6-7-16(18)21)23-20(27)15-4-2-3-5-17(15)24-19(26)13-8-9-28-11-13/h2-11H,1H3,(H,22,25)(H,23,27)(H,24,26). The van der Waals surface area contributed by atoms with E-state index in [4.69, 9.17) is 0 Å². The molecule has 0 unspecified atom stereocenters. The molecule has 0 saturated carbocycles. The molecule has 0 aliphatic heterocycles. The maximum Gasteiger partial charge on any atom is 0.257 e. The highest BCUT2D eigenvalue weighted by Crippen LogP contribution is 2.22. The molecule has 0 radical (unpaired) electrons. The molecule has 8 heteroatoms. The van der Waals surface area contributed by atoms with Gasteiger partial charge in [-0.1, -0.05) is 12.1 Å². The first-order chi connectivity index (χ1) is 13.4. The van der Waals surface area contributed by atoms with E-state index in [-0.39, 0.29) is 17.2 Å². The molecule has 1 heterocycles. The lowest BCUT2D eigenvalue weighted by atomic mass is 10.1. The third-order valence-corrected chi connectivity index (χ3v) is 4.42. The predicted molar refractivity (Wildman–Crippen MR) is 107 cm³/mol. The van der Waals surface area contributed by atoms with Crippen molar-refractivity contribution >= 4 is 46.1 Å². The molecule has 2 aromatic carbocycles. The Labute approximate surface area is 164 Å². The molecule has 0 aliphatic carbocycles. The summed E-state index contributed by atoms with van der Waals surface area (Å²) in [5, 5.41) is 11.2. The third kappa shape index (κ3) is 4.60. The Hall–Kier alpha value is -3.52. The molecular weight excluding hydrogens is 381 g/mol. The van der Waals surface area contributed by atoms with Gasteiger partial charge in [-0.2, -0.15) is 11.3 Å². The van der Waals surface area contributed by atoms with Crippen LogP contribution in [0.25, 0.3) is 0 Å². The summed E-state index contributed by atoms with van der Waals surface area (Å²) in [6.45, 7) is 1.26. The van der Waals surface area contributed by atoms with Crippen LogP contribution in [0.2, 0.25) is 0 Å². The summed E-state index contributed by atoms with van der Waals surface area (Å²) in [5.41, 5.74) is 1.36. The molecule has 3 amide bonds. The number of nitrogens with one attached hydrogen (secondary N) is 3. The van der Waals surface area contributed by atoms with Crippen molar-refractivity contribution in [2.45, 2.75) is 6.92 Å². The molecular formula is C20H16FN3O3S. The Morgan fingerprint density at radius 1 is 0.893 bits per heavy atom. The van der Waals surface area contributed by atoms with Crippen molar-refractivity contribution in [1.29, 1.82) is 0 Å². The van der Waals surface area contributed by atoms with E-state index in [1.54, 1.807) is 41.1 Å². The van der Waals surface area contributed by atoms with Crippen molar-refractivity contribution in [2.24, 2.45) is 0 Å². The number of para-hydroxylation sites is 1. The van der Waals surface area contributed by atoms with Gasteiger partial charge in [-0.25, -0.2) is 4.39 Å². The summed E-state index contributed by atoms with van der Waals surface area (Å²) in [6, 6.07) is 12.1. The van der Waals surface area contributed by atoms with Gasteiger partial charge in [0.25, 0.3) is 11.8 Å². The van der Waals surface area contributed by atoms with Crippen LogP contribution >= 0.6 is 11.3 Å². The second kappa shape index (κ2) is 8.45. The summed E-state index contributed by atoms with van der Waals surface area (Å²) in [6.07, 6.45) is 0. The first-order valence-corrected chi connectivity index (χ1v) is 9.19. The number of carbonyl (C=O) groups is 3. The molecule has 0 atom stereocenters. The molecule has 3 N–H and O–H groups in total. The lowest BCUT2D eigenvalue weighted by Crippen LogP contribution is -2.18. The third-order valence-electron chi connectivity index (χ3n) is 3.74. The highest BCUT2D eigenvalue weighted by molar-refractivity contribution is 7.08. The van der Waals surface area contributed by atoms with E-state index < -0.39 is 17.6 Å². The average molecular weight is 397 g/mol. The normalized spacial score (nSPS) is 10.2. The van der Waals surface area contributed by atoms with Crippen LogP contribution in [0.4, 0.5) is 21.5 Å². The molecule has 0 fully saturated rings. The van der Waals surface area contributed by atoms with Gasteiger partial charge in [-0.15, -0.1) is 0 Å². The molecule has 0 spiro atoms. The number of amides is 3. The summed E-state index contributed by atoms with van der Waals surface area (Å²) < 4.78 is 13.8. The fraction of sp³-hybridized carbons (Fsp3) is 0.0500. The maximum atomic E-state index is 13.8. The summed E-state index contributed by atoms with van der Waals surface area (Å²) in [5.74, 6) is -1.85. The summed E-state index contributed by atoms with van der Waals surface area (Å²) in [4.78, 5) is 36.1. The van der Waals surface area contributed by atoms with Crippen LogP contribution in [0, 0.1) is 5.82 Å². The molecule has 0 bridgehead atoms. The van der Waals surface area contributed by atoms with Crippen LogP contribution in [0.15, 0.2) is 59.3 Å². The minimum Gasteiger partial charge on any atom is -0.324 e. The molecule has 28 heavy (non-hydrogen) atoms. The van der Waals surface area contributed by atoms with Crippen molar-refractivity contribution in [3.63, 3.8) is 0 Å². The van der Waals surface area contributed by atoms with Gasteiger partial charge in [-0.05, 0) is 41.8 Å². The number of hydrogen-bond acceptors (Lipinski definition) is 4. The maximum absolute atomic E-state index is 13.8. The minimum absolute atomic E-state index is 0.0376. The van der Waals surface area contributed by atoms with E-state index in [1.165, 1.54) is 30.4 Å². The number of halogens is 1. The van der Waals surface area contributed by atoms with Gasteiger partial charge >= 0.3 is 0 Å². The predicted octanol–water partition coefficient (Wildman–Crippen LogP) is 4.35. The zero-order valence-corrected chi connectivity index (χ0v) is 15.6. The second-order valence-electron chi connectivity index (χ2n) is 5.84. The monoisotopic (exact) mass is 397 g/mol. The van der Waals surface area contributed by atoms with E-state index in [9.17, 15) is 18.8 Å². The number of rotatable bonds is 5. The molecule has 142 valence electrons. The Bertz CT molecular complexity index is 1030. The van der Waals surface area contributed by atoms with Crippen LogP contribution < -0.4 is 16.0 Å². The highest BCUT2D eigenvalue weighted by Gasteiger charge is 2.15. The average Bonchev–Trinajstić information content (AvgIpc) is 3.19. The Morgan fingerprint density at radius 3 is 2.39 bits per heavy atom. The van der Waals surface area contributed by atoms with Gasteiger partial charge in [0, 0.05) is 18.0 Å². The molecule has 6 nitrogen and oxygen atoms in total. The zero-order valence-electron chi connectivity index (χ0n) is 14.8. The highest BCUT2D eigenvalue weighted by atomic mass is 32.1. The van der Waals surface area contributed by atoms with Gasteiger partial charge in [-0.3, -0.25) is 14.4 Å².